The van der Waals surface area contributed by atoms with Gasteiger partial charge in [0.1, 0.15) is 18.2 Å². The van der Waals surface area contributed by atoms with Crippen molar-refractivity contribution < 1.29 is 9.59 Å². The van der Waals surface area contributed by atoms with Crippen LogP contribution in [0.15, 0.2) is 30.6 Å². The summed E-state index contributed by atoms with van der Waals surface area (Å²) in [5.74, 6) is 1.56. The molecule has 4 aromatic rings. The molecule has 2 aliphatic heterocycles. The molecule has 0 saturated carbocycles. The van der Waals surface area contributed by atoms with Crippen molar-refractivity contribution in [2.45, 2.75) is 26.3 Å². The van der Waals surface area contributed by atoms with E-state index in [2.05, 4.69) is 30.7 Å². The fraction of sp³-hybridized carbons (Fsp3) is 0.250. The molecule has 2 aliphatic rings. The van der Waals surface area contributed by atoms with Crippen LogP contribution in [0.3, 0.4) is 0 Å². The van der Waals surface area contributed by atoms with Crippen molar-refractivity contribution in [1.82, 2.24) is 29.6 Å². The molecule has 0 radical (unpaired) electrons. The SMILES string of the molecule is Cc1c(-c2cc3cc(Nc4cc5n(n4)CC(=O)N(C)CC5)ncc3c(N)n2)cnc2c1NC(=O)C2. The van der Waals surface area contributed by atoms with Crippen molar-refractivity contribution >= 4 is 45.7 Å². The lowest BCUT2D eigenvalue weighted by Gasteiger charge is -2.12. The largest absolute Gasteiger partial charge is 0.383 e. The number of pyridine rings is 3. The summed E-state index contributed by atoms with van der Waals surface area (Å²) in [4.78, 5) is 39.2. The van der Waals surface area contributed by atoms with Crippen LogP contribution in [0.5, 0.6) is 0 Å². The molecule has 6 rings (SSSR count). The van der Waals surface area contributed by atoms with E-state index >= 15 is 0 Å². The van der Waals surface area contributed by atoms with Crippen LogP contribution in [0, 0.1) is 6.92 Å². The first kappa shape index (κ1) is 21.0. The zero-order valence-electron chi connectivity index (χ0n) is 19.3. The topological polar surface area (TPSA) is 144 Å². The molecule has 0 atom stereocenters. The maximum absolute atomic E-state index is 12.2. The number of rotatable bonds is 3. The zero-order valence-corrected chi connectivity index (χ0v) is 19.3. The molecule has 0 bridgehead atoms. The Kier molecular flexibility index (Phi) is 4.66. The van der Waals surface area contributed by atoms with E-state index in [0.717, 1.165) is 45.4 Å². The van der Waals surface area contributed by atoms with Crippen molar-refractivity contribution in [1.29, 1.82) is 0 Å². The van der Waals surface area contributed by atoms with E-state index in [1.165, 1.54) is 0 Å². The summed E-state index contributed by atoms with van der Waals surface area (Å²) >= 11 is 0. The Bertz CT molecular complexity index is 1540. The third-order valence-electron chi connectivity index (χ3n) is 6.56. The molecule has 35 heavy (non-hydrogen) atoms. The highest BCUT2D eigenvalue weighted by Gasteiger charge is 2.24. The normalized spacial score (nSPS) is 15.1. The molecule has 0 aromatic carbocycles. The number of nitrogens with one attached hydrogen (secondary N) is 2. The maximum Gasteiger partial charge on any atom is 0.244 e. The van der Waals surface area contributed by atoms with Gasteiger partial charge in [-0.2, -0.15) is 5.10 Å². The minimum absolute atomic E-state index is 0.0358. The van der Waals surface area contributed by atoms with Gasteiger partial charge in [0.2, 0.25) is 11.8 Å². The number of hydrogen-bond acceptors (Lipinski definition) is 8. The highest BCUT2D eigenvalue weighted by molar-refractivity contribution is 6.01. The summed E-state index contributed by atoms with van der Waals surface area (Å²) in [6.07, 6.45) is 4.44. The van der Waals surface area contributed by atoms with E-state index in [0.29, 0.717) is 29.7 Å². The fourth-order valence-electron chi connectivity index (χ4n) is 4.57. The van der Waals surface area contributed by atoms with Crippen molar-refractivity contribution in [3.63, 3.8) is 0 Å². The quantitative estimate of drug-likeness (QED) is 0.413. The van der Waals surface area contributed by atoms with Crippen molar-refractivity contribution in [3.8, 4) is 11.3 Å². The summed E-state index contributed by atoms with van der Waals surface area (Å²) in [7, 11) is 1.80. The summed E-state index contributed by atoms with van der Waals surface area (Å²) in [6, 6.07) is 5.76. The molecular formula is C24H23N9O2. The Hall–Kier alpha value is -4.54. The van der Waals surface area contributed by atoms with Crippen LogP contribution in [0.1, 0.15) is 17.0 Å². The first-order chi connectivity index (χ1) is 16.9. The van der Waals surface area contributed by atoms with Gasteiger partial charge in [0.15, 0.2) is 5.82 Å². The Morgan fingerprint density at radius 3 is 2.83 bits per heavy atom. The maximum atomic E-state index is 12.2. The number of likely N-dealkylation sites (N-methyl/N-ethyl adjacent to an activating group) is 1. The van der Waals surface area contributed by atoms with Crippen molar-refractivity contribution in [3.05, 3.63) is 47.5 Å². The third kappa shape index (κ3) is 3.61. The molecule has 176 valence electrons. The Morgan fingerprint density at radius 2 is 1.97 bits per heavy atom. The van der Waals surface area contributed by atoms with Gasteiger partial charge < -0.3 is 21.3 Å². The molecule has 6 heterocycles. The van der Waals surface area contributed by atoms with Gasteiger partial charge >= 0.3 is 0 Å². The lowest BCUT2D eigenvalue weighted by molar-refractivity contribution is -0.130. The van der Waals surface area contributed by atoms with E-state index in [1.807, 2.05) is 25.1 Å². The Labute approximate surface area is 200 Å². The first-order valence-corrected chi connectivity index (χ1v) is 11.3. The van der Waals surface area contributed by atoms with Gasteiger partial charge in [-0.05, 0) is 30.0 Å². The smallest absolute Gasteiger partial charge is 0.244 e. The third-order valence-corrected chi connectivity index (χ3v) is 6.56. The molecule has 2 amide bonds. The fourth-order valence-corrected chi connectivity index (χ4v) is 4.57. The number of hydrogen-bond donors (Lipinski definition) is 3. The zero-order chi connectivity index (χ0) is 24.3. The van der Waals surface area contributed by atoms with E-state index in [4.69, 9.17) is 5.73 Å². The second-order valence-corrected chi connectivity index (χ2v) is 8.90. The second kappa shape index (κ2) is 7.76. The molecular weight excluding hydrogens is 446 g/mol. The van der Waals surface area contributed by atoms with E-state index in [9.17, 15) is 9.59 Å². The molecule has 11 nitrogen and oxygen atoms in total. The van der Waals surface area contributed by atoms with Crippen LogP contribution < -0.4 is 16.4 Å². The van der Waals surface area contributed by atoms with Crippen LogP contribution in [0.2, 0.25) is 0 Å². The predicted octanol–water partition coefficient (Wildman–Crippen LogP) is 2.03. The van der Waals surface area contributed by atoms with Crippen LogP contribution in [-0.4, -0.2) is 55.0 Å². The van der Waals surface area contributed by atoms with Crippen LogP contribution in [0.4, 0.5) is 23.1 Å². The molecule has 11 heteroatoms. The summed E-state index contributed by atoms with van der Waals surface area (Å²) in [5.41, 5.74) is 11.1. The van der Waals surface area contributed by atoms with Crippen LogP contribution in [-0.2, 0) is 29.0 Å². The van der Waals surface area contributed by atoms with Gasteiger partial charge in [0.05, 0.1) is 23.5 Å². The van der Waals surface area contributed by atoms with Gasteiger partial charge in [-0.3, -0.25) is 19.3 Å². The molecule has 4 N–H and O–H groups in total. The molecule has 0 saturated heterocycles. The summed E-state index contributed by atoms with van der Waals surface area (Å²) in [5, 5.41) is 12.2. The average molecular weight is 470 g/mol. The summed E-state index contributed by atoms with van der Waals surface area (Å²) in [6.45, 7) is 2.82. The van der Waals surface area contributed by atoms with E-state index in [-0.39, 0.29) is 24.8 Å². The van der Waals surface area contributed by atoms with Crippen molar-refractivity contribution in [2.75, 3.05) is 30.0 Å². The number of aromatic nitrogens is 5. The highest BCUT2D eigenvalue weighted by Crippen LogP contribution is 2.34. The van der Waals surface area contributed by atoms with Crippen LogP contribution >= 0.6 is 0 Å². The molecule has 0 unspecified atom stereocenters. The monoisotopic (exact) mass is 469 g/mol. The van der Waals surface area contributed by atoms with Gasteiger partial charge in [-0.15, -0.1) is 0 Å². The lowest BCUT2D eigenvalue weighted by atomic mass is 10.0. The molecule has 0 spiro atoms. The van der Waals surface area contributed by atoms with Gasteiger partial charge in [-0.25, -0.2) is 9.97 Å². The number of nitrogens with zero attached hydrogens (tertiary/aromatic N) is 6. The van der Waals surface area contributed by atoms with Gasteiger partial charge in [0.25, 0.3) is 0 Å². The van der Waals surface area contributed by atoms with Gasteiger partial charge in [0, 0.05) is 55.1 Å². The number of amides is 2. The highest BCUT2D eigenvalue weighted by atomic mass is 16.2. The van der Waals surface area contributed by atoms with E-state index in [1.54, 1.807) is 29.0 Å². The average Bonchev–Trinajstić information content (AvgIpc) is 3.36. The number of carbonyl (C=O) groups is 2. The number of carbonyl (C=O) groups excluding carboxylic acids is 2. The minimum Gasteiger partial charge on any atom is -0.383 e. The van der Waals surface area contributed by atoms with Gasteiger partial charge in [-0.1, -0.05) is 0 Å². The first-order valence-electron chi connectivity index (χ1n) is 11.3. The van der Waals surface area contributed by atoms with E-state index < -0.39 is 0 Å². The molecule has 0 aliphatic carbocycles. The Morgan fingerprint density at radius 1 is 1.11 bits per heavy atom. The van der Waals surface area contributed by atoms with Crippen LogP contribution in [0.25, 0.3) is 22.0 Å². The Balaban J connectivity index is 1.34. The number of nitrogen functional groups attached to an aromatic ring is 1. The predicted molar refractivity (Wildman–Crippen MR) is 131 cm³/mol. The standard InChI is InChI=1S/C24H23N9O2/c1-12-15(9-26-18-8-21(34)30-23(12)18)17-5-13-6-19(27-10-16(13)24(25)28-17)29-20-7-14-3-4-32(2)22(35)11-33(14)31-20/h5-7,9-10H,3-4,8,11H2,1-2H3,(H2,25,28)(H,30,34)(H,27,29,31). The number of anilines is 4. The molecule has 0 fully saturated rings. The molecule has 4 aromatic heterocycles. The number of nitrogens with two attached hydrogens (primary N) is 1. The number of fused-ring (bicyclic) bond motifs is 3. The second-order valence-electron chi connectivity index (χ2n) is 8.90. The minimum atomic E-state index is -0.0616. The van der Waals surface area contributed by atoms with Crippen molar-refractivity contribution in [2.24, 2.45) is 0 Å². The lowest BCUT2D eigenvalue weighted by Crippen LogP contribution is -2.29. The summed E-state index contributed by atoms with van der Waals surface area (Å²) < 4.78 is 1.73.